The fourth-order valence-corrected chi connectivity index (χ4v) is 3.53. The Morgan fingerprint density at radius 1 is 1.38 bits per heavy atom. The zero-order valence-electron chi connectivity index (χ0n) is 11.8. The number of carbonyl (C=O) groups excluding carboxylic acids is 1. The average molecular weight is 313 g/mol. The highest BCUT2D eigenvalue weighted by Crippen LogP contribution is 2.33. The van der Waals surface area contributed by atoms with E-state index in [0.29, 0.717) is 31.1 Å². The van der Waals surface area contributed by atoms with Crippen LogP contribution in [0.15, 0.2) is 0 Å². The third-order valence-corrected chi connectivity index (χ3v) is 4.61. The molecule has 1 saturated heterocycles. The monoisotopic (exact) mass is 312 g/mol. The number of nitrogens with zero attached hydrogens (tertiary/aromatic N) is 2. The Hall–Kier alpha value is -1.53. The zero-order valence-corrected chi connectivity index (χ0v) is 12.5. The molecular weight excluding hydrogens is 296 g/mol. The second kappa shape index (κ2) is 5.35. The molecule has 1 aromatic rings. The van der Waals surface area contributed by atoms with Crippen LogP contribution >= 0.6 is 11.6 Å². The summed E-state index contributed by atoms with van der Waals surface area (Å²) in [4.78, 5) is 26.0. The van der Waals surface area contributed by atoms with Gasteiger partial charge in [-0.05, 0) is 19.8 Å². The molecule has 1 amide bonds. The van der Waals surface area contributed by atoms with Crippen molar-refractivity contribution in [3.05, 3.63) is 22.0 Å². The molecule has 2 aliphatic heterocycles. The molecule has 1 atom stereocenters. The molecule has 6 nitrogen and oxygen atoms in total. The predicted octanol–water partition coefficient (Wildman–Crippen LogP) is 1.99. The molecule has 2 aliphatic rings. The fourth-order valence-electron chi connectivity index (χ4n) is 3.15. The maximum atomic E-state index is 12.8. The van der Waals surface area contributed by atoms with Gasteiger partial charge in [0.25, 0.3) is 5.91 Å². The van der Waals surface area contributed by atoms with Crippen molar-refractivity contribution in [1.82, 2.24) is 9.47 Å². The zero-order chi connectivity index (χ0) is 15.1. The number of ether oxygens (including phenoxy) is 1. The lowest BCUT2D eigenvalue weighted by Gasteiger charge is -2.24. The van der Waals surface area contributed by atoms with Gasteiger partial charge < -0.3 is 19.3 Å². The molecule has 1 aromatic heterocycles. The molecule has 0 aliphatic carbocycles. The Kier molecular flexibility index (Phi) is 3.67. The van der Waals surface area contributed by atoms with Crippen LogP contribution in [-0.2, 0) is 17.9 Å². The molecule has 114 valence electrons. The van der Waals surface area contributed by atoms with E-state index in [1.165, 1.54) is 0 Å². The number of halogens is 1. The van der Waals surface area contributed by atoms with Gasteiger partial charge >= 0.3 is 5.97 Å². The summed E-state index contributed by atoms with van der Waals surface area (Å²) in [5.74, 6) is -1.30. The molecule has 1 unspecified atom stereocenters. The summed E-state index contributed by atoms with van der Waals surface area (Å²) in [7, 11) is 0. The topological polar surface area (TPSA) is 71.8 Å². The standard InChI is InChI=1S/C14H17ClN2O4/c1-8-3-2-4-16(8)13(18)12-11(15)10(14(19)20)9-7-21-6-5-17(9)12/h8H,2-7H2,1H3,(H,19,20). The van der Waals surface area contributed by atoms with Crippen molar-refractivity contribution in [2.24, 2.45) is 0 Å². The highest BCUT2D eigenvalue weighted by molar-refractivity contribution is 6.36. The summed E-state index contributed by atoms with van der Waals surface area (Å²) >= 11 is 6.23. The van der Waals surface area contributed by atoms with E-state index in [2.05, 4.69) is 0 Å². The summed E-state index contributed by atoms with van der Waals surface area (Å²) in [5, 5.41) is 9.39. The molecule has 0 spiro atoms. The third kappa shape index (κ3) is 2.22. The lowest BCUT2D eigenvalue weighted by Crippen LogP contribution is -2.36. The number of aromatic carboxylic acids is 1. The number of carbonyl (C=O) groups is 2. The van der Waals surface area contributed by atoms with E-state index >= 15 is 0 Å². The third-order valence-electron chi connectivity index (χ3n) is 4.24. The normalized spacial score (nSPS) is 21.4. The van der Waals surface area contributed by atoms with Crippen molar-refractivity contribution < 1.29 is 19.4 Å². The number of aromatic nitrogens is 1. The van der Waals surface area contributed by atoms with Crippen LogP contribution in [-0.4, -0.2) is 45.6 Å². The van der Waals surface area contributed by atoms with Gasteiger partial charge in [0.15, 0.2) is 0 Å². The van der Waals surface area contributed by atoms with Crippen molar-refractivity contribution in [3.63, 3.8) is 0 Å². The molecule has 3 heterocycles. The summed E-state index contributed by atoms with van der Waals surface area (Å²) in [6.07, 6.45) is 1.93. The van der Waals surface area contributed by atoms with Crippen molar-refractivity contribution in [2.75, 3.05) is 13.2 Å². The highest BCUT2D eigenvalue weighted by atomic mass is 35.5. The van der Waals surface area contributed by atoms with E-state index < -0.39 is 5.97 Å². The Morgan fingerprint density at radius 2 is 2.14 bits per heavy atom. The number of likely N-dealkylation sites (tertiary alicyclic amines) is 1. The molecule has 1 N–H and O–H groups in total. The summed E-state index contributed by atoms with van der Waals surface area (Å²) < 4.78 is 7.02. The Labute approximate surface area is 127 Å². The van der Waals surface area contributed by atoms with Gasteiger partial charge in [-0.25, -0.2) is 4.79 Å². The maximum absolute atomic E-state index is 12.8. The average Bonchev–Trinajstić information content (AvgIpc) is 2.98. The van der Waals surface area contributed by atoms with Crippen LogP contribution < -0.4 is 0 Å². The van der Waals surface area contributed by atoms with Gasteiger partial charge in [-0.1, -0.05) is 11.6 Å². The number of carboxylic acid groups (broad SMARTS) is 1. The van der Waals surface area contributed by atoms with Crippen LogP contribution in [0.3, 0.4) is 0 Å². The van der Waals surface area contributed by atoms with E-state index in [0.717, 1.165) is 12.8 Å². The van der Waals surface area contributed by atoms with Crippen LogP contribution in [0.1, 0.15) is 46.3 Å². The van der Waals surface area contributed by atoms with E-state index in [1.54, 1.807) is 9.47 Å². The molecule has 21 heavy (non-hydrogen) atoms. The van der Waals surface area contributed by atoms with Crippen molar-refractivity contribution in [3.8, 4) is 0 Å². The lowest BCUT2D eigenvalue weighted by molar-refractivity contribution is 0.0640. The minimum Gasteiger partial charge on any atom is -0.478 e. The highest BCUT2D eigenvalue weighted by Gasteiger charge is 2.35. The molecule has 0 aromatic carbocycles. The van der Waals surface area contributed by atoms with Gasteiger partial charge in [0.2, 0.25) is 0 Å². The second-order valence-corrected chi connectivity index (χ2v) is 5.86. The molecular formula is C14H17ClN2O4. The first-order valence-corrected chi connectivity index (χ1v) is 7.43. The summed E-state index contributed by atoms with van der Waals surface area (Å²) in [5.41, 5.74) is 0.765. The Bertz CT molecular complexity index is 611. The molecule has 0 radical (unpaired) electrons. The van der Waals surface area contributed by atoms with Crippen molar-refractivity contribution in [1.29, 1.82) is 0 Å². The first-order chi connectivity index (χ1) is 10.0. The molecule has 0 bridgehead atoms. The lowest BCUT2D eigenvalue weighted by atomic mass is 10.2. The van der Waals surface area contributed by atoms with Crippen LogP contribution in [0.2, 0.25) is 5.02 Å². The summed E-state index contributed by atoms with van der Waals surface area (Å²) in [6.45, 7) is 3.76. The smallest absolute Gasteiger partial charge is 0.339 e. The minimum absolute atomic E-state index is 0.00781. The largest absolute Gasteiger partial charge is 0.478 e. The first-order valence-electron chi connectivity index (χ1n) is 7.05. The van der Waals surface area contributed by atoms with Gasteiger partial charge in [-0.2, -0.15) is 0 Å². The Morgan fingerprint density at radius 3 is 2.76 bits per heavy atom. The molecule has 3 rings (SSSR count). The van der Waals surface area contributed by atoms with Crippen molar-refractivity contribution in [2.45, 2.75) is 39.0 Å². The van der Waals surface area contributed by atoms with Gasteiger partial charge in [0, 0.05) is 19.1 Å². The number of amides is 1. The van der Waals surface area contributed by atoms with Crippen LogP contribution in [0, 0.1) is 0 Å². The van der Waals surface area contributed by atoms with Gasteiger partial charge in [-0.3, -0.25) is 4.79 Å². The summed E-state index contributed by atoms with van der Waals surface area (Å²) in [6, 6.07) is 0.160. The van der Waals surface area contributed by atoms with Crippen LogP contribution in [0.5, 0.6) is 0 Å². The number of rotatable bonds is 2. The van der Waals surface area contributed by atoms with Gasteiger partial charge in [0.05, 0.1) is 23.9 Å². The molecule has 7 heteroatoms. The first kappa shape index (κ1) is 14.4. The maximum Gasteiger partial charge on any atom is 0.339 e. The van der Waals surface area contributed by atoms with Crippen LogP contribution in [0.4, 0.5) is 0 Å². The van der Waals surface area contributed by atoms with Crippen molar-refractivity contribution >= 4 is 23.5 Å². The van der Waals surface area contributed by atoms with E-state index in [-0.39, 0.29) is 29.1 Å². The second-order valence-electron chi connectivity index (χ2n) is 5.48. The van der Waals surface area contributed by atoms with Gasteiger partial charge in [0.1, 0.15) is 11.3 Å². The molecule has 0 saturated carbocycles. The quantitative estimate of drug-likeness (QED) is 0.906. The van der Waals surface area contributed by atoms with E-state index in [4.69, 9.17) is 16.3 Å². The van der Waals surface area contributed by atoms with E-state index in [9.17, 15) is 14.7 Å². The van der Waals surface area contributed by atoms with Gasteiger partial charge in [-0.15, -0.1) is 0 Å². The number of carboxylic acids is 1. The molecule has 1 fully saturated rings. The van der Waals surface area contributed by atoms with E-state index in [1.807, 2.05) is 6.92 Å². The number of hydrogen-bond acceptors (Lipinski definition) is 3. The minimum atomic E-state index is -1.12. The number of fused-ring (bicyclic) bond motifs is 1. The Balaban J connectivity index is 2.09. The SMILES string of the molecule is CC1CCCN1C(=O)c1c(Cl)c(C(=O)O)c2n1CCOC2. The fraction of sp³-hybridized carbons (Fsp3) is 0.571. The number of hydrogen-bond donors (Lipinski definition) is 1. The van der Waals surface area contributed by atoms with Crippen LogP contribution in [0.25, 0.3) is 0 Å². The predicted molar refractivity (Wildman–Crippen MR) is 75.8 cm³/mol.